The topological polar surface area (TPSA) is 46.8 Å². The molecule has 4 nitrogen and oxygen atoms in total. The van der Waals surface area contributed by atoms with Gasteiger partial charge in [-0.3, -0.25) is 15.0 Å². The molecule has 1 unspecified atom stereocenters. The summed E-state index contributed by atoms with van der Waals surface area (Å²) >= 11 is 0. The van der Waals surface area contributed by atoms with Crippen LogP contribution in [0.3, 0.4) is 0 Å². The van der Waals surface area contributed by atoms with Gasteiger partial charge in [0.25, 0.3) is 0 Å². The summed E-state index contributed by atoms with van der Waals surface area (Å²) in [7, 11) is 1.72. The molecule has 37 heavy (non-hydrogen) atoms. The number of allylic oxidation sites excluding steroid dienone is 1. The Morgan fingerprint density at radius 1 is 0.919 bits per heavy atom. The average molecular weight is 496 g/mol. The first-order chi connectivity index (χ1) is 17.4. The summed E-state index contributed by atoms with van der Waals surface area (Å²) in [6.45, 7) is 21.1. The molecule has 0 aliphatic heterocycles. The summed E-state index contributed by atoms with van der Waals surface area (Å²) in [6, 6.07) is 16.6. The molecule has 0 radical (unpaired) electrons. The van der Waals surface area contributed by atoms with Crippen LogP contribution in [0.4, 0.5) is 11.4 Å². The number of nitrogens with zero attached hydrogens (tertiary/aromatic N) is 3. The maximum Gasteiger partial charge on any atom is 0.128 e. The van der Waals surface area contributed by atoms with Crippen LogP contribution in [0.1, 0.15) is 69.5 Å². The second kappa shape index (κ2) is 11.7. The maximum absolute atomic E-state index is 5.70. The quantitative estimate of drug-likeness (QED) is 0.293. The zero-order valence-corrected chi connectivity index (χ0v) is 23.9. The second-order valence-electron chi connectivity index (χ2n) is 10.9. The molecule has 1 aromatic heterocycles. The minimum absolute atomic E-state index is 0.0120. The predicted octanol–water partition coefficient (Wildman–Crippen LogP) is 8.78. The van der Waals surface area contributed by atoms with Crippen molar-refractivity contribution in [2.45, 2.75) is 67.2 Å². The molecular formula is C33H41N3O. The van der Waals surface area contributed by atoms with Gasteiger partial charge in [-0.15, -0.1) is 0 Å². The van der Waals surface area contributed by atoms with Crippen molar-refractivity contribution < 1.29 is 4.74 Å². The van der Waals surface area contributed by atoms with Crippen LogP contribution in [0.25, 0.3) is 5.57 Å². The van der Waals surface area contributed by atoms with Crippen molar-refractivity contribution in [1.29, 1.82) is 0 Å². The van der Waals surface area contributed by atoms with E-state index in [-0.39, 0.29) is 11.3 Å². The van der Waals surface area contributed by atoms with E-state index in [0.29, 0.717) is 6.42 Å². The number of rotatable bonds is 8. The highest BCUT2D eigenvalue weighted by molar-refractivity contribution is 6.07. The van der Waals surface area contributed by atoms with E-state index in [0.717, 1.165) is 56.5 Å². The van der Waals surface area contributed by atoms with Crippen LogP contribution in [0.5, 0.6) is 5.75 Å². The summed E-state index contributed by atoms with van der Waals surface area (Å²) in [6.07, 6.45) is 2.57. The number of ether oxygens (including phenoxy) is 1. The van der Waals surface area contributed by atoms with Crippen LogP contribution >= 0.6 is 0 Å². The molecule has 194 valence electrons. The van der Waals surface area contributed by atoms with Gasteiger partial charge in [0.1, 0.15) is 5.75 Å². The van der Waals surface area contributed by atoms with Crippen LogP contribution in [0.15, 0.2) is 71.3 Å². The fourth-order valence-corrected chi connectivity index (χ4v) is 4.74. The number of aryl methyl sites for hydroxylation is 1. The van der Waals surface area contributed by atoms with E-state index in [1.54, 1.807) is 7.11 Å². The fourth-order valence-electron chi connectivity index (χ4n) is 4.74. The number of para-hydroxylation sites is 2. The summed E-state index contributed by atoms with van der Waals surface area (Å²) in [5.74, 6) is 0.850. The molecule has 1 heterocycles. The van der Waals surface area contributed by atoms with Crippen LogP contribution in [-0.4, -0.2) is 23.5 Å². The van der Waals surface area contributed by atoms with E-state index in [1.165, 1.54) is 5.56 Å². The van der Waals surface area contributed by atoms with Crippen molar-refractivity contribution in [2.75, 3.05) is 7.11 Å². The van der Waals surface area contributed by atoms with Crippen molar-refractivity contribution in [1.82, 2.24) is 4.98 Å². The molecule has 2 aromatic carbocycles. The third kappa shape index (κ3) is 6.62. The van der Waals surface area contributed by atoms with Crippen LogP contribution < -0.4 is 4.74 Å². The molecule has 3 rings (SSSR count). The van der Waals surface area contributed by atoms with Gasteiger partial charge in [-0.25, -0.2) is 0 Å². The van der Waals surface area contributed by atoms with Crippen molar-refractivity contribution in [2.24, 2.45) is 15.9 Å². The van der Waals surface area contributed by atoms with Gasteiger partial charge in [0.05, 0.1) is 18.5 Å². The number of hydrogen-bond acceptors (Lipinski definition) is 4. The Morgan fingerprint density at radius 2 is 1.49 bits per heavy atom. The molecule has 1 atom stereocenters. The minimum Gasteiger partial charge on any atom is -0.496 e. The van der Waals surface area contributed by atoms with Crippen LogP contribution in [0, 0.1) is 19.8 Å². The SMILES string of the molecule is C=C(C)c1ccccc1N=C(C)C(Cc1ncc(C)c(OC)c1C)C(C)=Nc1ccccc1C(C)(C)C. The number of hydrogen-bond donors (Lipinski definition) is 0. The first-order valence-electron chi connectivity index (χ1n) is 12.9. The number of aromatic nitrogens is 1. The van der Waals surface area contributed by atoms with Gasteiger partial charge in [0.2, 0.25) is 0 Å². The Morgan fingerprint density at radius 3 is 2.08 bits per heavy atom. The van der Waals surface area contributed by atoms with Crippen LogP contribution in [0.2, 0.25) is 0 Å². The first kappa shape index (κ1) is 28.0. The zero-order valence-electron chi connectivity index (χ0n) is 23.9. The Labute approximate surface area is 223 Å². The third-order valence-corrected chi connectivity index (χ3v) is 6.83. The summed E-state index contributed by atoms with van der Waals surface area (Å²) in [5, 5.41) is 0. The molecule has 0 saturated heterocycles. The molecule has 0 fully saturated rings. The molecule has 0 N–H and O–H groups in total. The number of benzene rings is 2. The smallest absolute Gasteiger partial charge is 0.128 e. The largest absolute Gasteiger partial charge is 0.496 e. The lowest BCUT2D eigenvalue weighted by Crippen LogP contribution is -2.24. The van der Waals surface area contributed by atoms with Crippen LogP contribution in [-0.2, 0) is 11.8 Å². The summed E-state index contributed by atoms with van der Waals surface area (Å²) in [4.78, 5) is 15.1. The van der Waals surface area contributed by atoms with Crippen molar-refractivity contribution in [3.63, 3.8) is 0 Å². The van der Waals surface area contributed by atoms with Gasteiger partial charge in [0, 0.05) is 52.3 Å². The van der Waals surface area contributed by atoms with E-state index in [9.17, 15) is 0 Å². The second-order valence-corrected chi connectivity index (χ2v) is 10.9. The first-order valence-corrected chi connectivity index (χ1v) is 12.9. The number of methoxy groups -OCH3 is 1. The van der Waals surface area contributed by atoms with E-state index in [1.807, 2.05) is 38.2 Å². The fraction of sp³-hybridized carbons (Fsp3) is 0.364. The van der Waals surface area contributed by atoms with Crippen molar-refractivity contribution in [3.8, 4) is 5.75 Å². The highest BCUT2D eigenvalue weighted by Gasteiger charge is 2.23. The zero-order chi connectivity index (χ0) is 27.3. The van der Waals surface area contributed by atoms with Crippen molar-refractivity contribution in [3.05, 3.63) is 89.3 Å². The molecule has 0 aliphatic rings. The van der Waals surface area contributed by atoms with Crippen molar-refractivity contribution >= 4 is 28.4 Å². The Balaban J connectivity index is 2.16. The molecule has 0 bridgehead atoms. The lowest BCUT2D eigenvalue weighted by molar-refractivity contribution is 0.406. The van der Waals surface area contributed by atoms with E-state index in [4.69, 9.17) is 19.7 Å². The molecule has 0 saturated carbocycles. The average Bonchev–Trinajstić information content (AvgIpc) is 2.83. The molecule has 0 spiro atoms. The monoisotopic (exact) mass is 495 g/mol. The molecule has 0 amide bonds. The summed E-state index contributed by atoms with van der Waals surface area (Å²) < 4.78 is 5.70. The van der Waals surface area contributed by atoms with E-state index in [2.05, 4.69) is 78.5 Å². The normalized spacial score (nSPS) is 13.4. The van der Waals surface area contributed by atoms with E-state index < -0.39 is 0 Å². The molecule has 0 aliphatic carbocycles. The van der Waals surface area contributed by atoms with Gasteiger partial charge < -0.3 is 4.74 Å². The van der Waals surface area contributed by atoms with Gasteiger partial charge in [-0.2, -0.15) is 0 Å². The Hall–Kier alpha value is -3.53. The predicted molar refractivity (Wildman–Crippen MR) is 159 cm³/mol. The highest BCUT2D eigenvalue weighted by Crippen LogP contribution is 2.33. The standard InChI is InChI=1S/C33H41N3O/c1-21(2)26-15-11-13-17-29(26)35-24(5)27(19-31-23(4)32(37-10)22(3)20-34-31)25(6)36-30-18-14-12-16-28(30)33(7,8)9/h11-18,20,27H,1,19H2,2-10H3. The molecule has 3 aromatic rings. The minimum atomic E-state index is -0.0372. The van der Waals surface area contributed by atoms with Gasteiger partial charge in [0.15, 0.2) is 0 Å². The highest BCUT2D eigenvalue weighted by atomic mass is 16.5. The van der Waals surface area contributed by atoms with Gasteiger partial charge in [-0.05, 0) is 63.3 Å². The lowest BCUT2D eigenvalue weighted by atomic mass is 9.85. The van der Waals surface area contributed by atoms with E-state index >= 15 is 0 Å². The molecule has 4 heteroatoms. The third-order valence-electron chi connectivity index (χ3n) is 6.83. The Kier molecular flexibility index (Phi) is 8.85. The maximum atomic E-state index is 5.70. The lowest BCUT2D eigenvalue weighted by Gasteiger charge is -2.23. The molecular weight excluding hydrogens is 454 g/mol. The summed E-state index contributed by atoms with van der Waals surface area (Å²) in [5.41, 5.74) is 10.3. The number of pyridine rings is 1. The van der Waals surface area contributed by atoms with Gasteiger partial charge >= 0.3 is 0 Å². The number of aliphatic imine (C=N–C) groups is 2. The van der Waals surface area contributed by atoms with Gasteiger partial charge in [-0.1, -0.05) is 63.7 Å². The Bertz CT molecular complexity index is 1340.